The summed E-state index contributed by atoms with van der Waals surface area (Å²) in [4.78, 5) is 21.6. The number of rotatable bonds is 4. The fourth-order valence-electron chi connectivity index (χ4n) is 8.48. The summed E-state index contributed by atoms with van der Waals surface area (Å²) in [7, 11) is 0. The zero-order valence-corrected chi connectivity index (χ0v) is 29.0. The number of amides is 1. The number of hydrogen-bond acceptors (Lipinski definition) is 10. The van der Waals surface area contributed by atoms with Gasteiger partial charge in [0.2, 0.25) is 0 Å². The van der Waals surface area contributed by atoms with Crippen molar-refractivity contribution in [3.63, 3.8) is 0 Å². The molecule has 1 aromatic carbocycles. The number of morpholine rings is 1. The molecule has 258 valence electrons. The predicted octanol–water partition coefficient (Wildman–Crippen LogP) is 4.99. The number of para-hydroxylation sites is 1. The number of anilines is 2. The number of piperazine rings is 1. The number of phenolic OH excluding ortho intramolecular Hbond substituents is 1. The van der Waals surface area contributed by atoms with Crippen LogP contribution in [-0.4, -0.2) is 118 Å². The van der Waals surface area contributed by atoms with Gasteiger partial charge in [-0.2, -0.15) is 0 Å². The number of benzene rings is 1. The van der Waals surface area contributed by atoms with Crippen LogP contribution in [0.5, 0.6) is 5.75 Å². The Morgan fingerprint density at radius 3 is 2.23 bits per heavy atom. The second-order valence-electron chi connectivity index (χ2n) is 15.5. The summed E-state index contributed by atoms with van der Waals surface area (Å²) in [6.07, 6.45) is 7.20. The maximum atomic E-state index is 12.1. The van der Waals surface area contributed by atoms with Crippen LogP contribution in [0, 0.1) is 5.41 Å². The predicted molar refractivity (Wildman–Crippen MR) is 184 cm³/mol. The maximum absolute atomic E-state index is 12.1. The Kier molecular flexibility index (Phi) is 9.88. The van der Waals surface area contributed by atoms with Crippen LogP contribution in [0.1, 0.15) is 73.1 Å². The lowest BCUT2D eigenvalue weighted by Crippen LogP contribution is -2.57. The van der Waals surface area contributed by atoms with Gasteiger partial charge in [-0.3, -0.25) is 9.80 Å². The molecule has 11 heteroatoms. The van der Waals surface area contributed by atoms with E-state index in [0.717, 1.165) is 77.1 Å². The lowest BCUT2D eigenvalue weighted by molar-refractivity contribution is -0.0742. The molecule has 5 heterocycles. The molecule has 4 saturated heterocycles. The third-order valence-electron chi connectivity index (χ3n) is 10.8. The lowest BCUT2D eigenvalue weighted by Gasteiger charge is -2.55. The summed E-state index contributed by atoms with van der Waals surface area (Å²) in [6.45, 7) is 17.9. The van der Waals surface area contributed by atoms with Crippen molar-refractivity contribution < 1.29 is 19.4 Å². The first-order valence-corrected chi connectivity index (χ1v) is 17.6. The van der Waals surface area contributed by atoms with Gasteiger partial charge < -0.3 is 30.1 Å². The van der Waals surface area contributed by atoms with Gasteiger partial charge in [0.05, 0.1) is 24.6 Å². The minimum atomic E-state index is -0.399. The van der Waals surface area contributed by atoms with Gasteiger partial charge in [-0.15, -0.1) is 10.2 Å². The van der Waals surface area contributed by atoms with Crippen molar-refractivity contribution in [3.05, 3.63) is 30.3 Å². The van der Waals surface area contributed by atoms with Gasteiger partial charge in [-0.05, 0) is 96.8 Å². The number of nitrogens with two attached hydrogens (primary N) is 1. The second-order valence-corrected chi connectivity index (χ2v) is 15.5. The van der Waals surface area contributed by atoms with Gasteiger partial charge in [0.15, 0.2) is 5.82 Å². The van der Waals surface area contributed by atoms with Gasteiger partial charge >= 0.3 is 6.09 Å². The zero-order valence-electron chi connectivity index (χ0n) is 29.0. The van der Waals surface area contributed by atoms with E-state index >= 15 is 0 Å². The van der Waals surface area contributed by atoms with Gasteiger partial charge in [-0.1, -0.05) is 12.1 Å². The van der Waals surface area contributed by atoms with Crippen LogP contribution in [0.2, 0.25) is 0 Å². The van der Waals surface area contributed by atoms with Crippen molar-refractivity contribution in [2.75, 3.05) is 63.1 Å². The van der Waals surface area contributed by atoms with E-state index in [-0.39, 0.29) is 11.8 Å². The number of likely N-dealkylation sites (tertiary alicyclic amines) is 1. The van der Waals surface area contributed by atoms with Crippen molar-refractivity contribution in [3.8, 4) is 17.0 Å². The third-order valence-corrected chi connectivity index (χ3v) is 10.8. The number of hydrogen-bond donors (Lipinski definition) is 2. The third kappa shape index (κ3) is 7.62. The summed E-state index contributed by atoms with van der Waals surface area (Å²) >= 11 is 0. The second kappa shape index (κ2) is 13.8. The summed E-state index contributed by atoms with van der Waals surface area (Å²) in [5.41, 5.74) is 8.50. The van der Waals surface area contributed by atoms with E-state index < -0.39 is 5.60 Å². The standard InChI is InChI=1S/C19H25N5O.C17H30N2O3/c1-12(2)24-13-7-8-14(24)11-23(10-13)17-9-16(21-22-19(17)20)15-5-3-4-6-18(15)25;1-16(2,3)22-15(20)19-6-4-17(5-7-19)12-14(13-17)18-8-10-21-11-9-18/h3-6,9,12-14,25H,7-8,10-11H2,1-2H3,(H2,20,22);14H,4-13H2,1-3H3. The van der Waals surface area contributed by atoms with Gasteiger partial charge in [0.1, 0.15) is 11.4 Å². The summed E-state index contributed by atoms with van der Waals surface area (Å²) in [5, 5.41) is 18.5. The minimum absolute atomic E-state index is 0.147. The van der Waals surface area contributed by atoms with E-state index in [1.54, 1.807) is 12.1 Å². The molecule has 1 saturated carbocycles. The fraction of sp³-hybridized carbons (Fsp3) is 0.694. The zero-order chi connectivity index (χ0) is 33.3. The molecule has 11 nitrogen and oxygen atoms in total. The molecule has 3 N–H and O–H groups in total. The number of nitrogen functional groups attached to an aromatic ring is 1. The highest BCUT2D eigenvalue weighted by Crippen LogP contribution is 2.51. The van der Waals surface area contributed by atoms with Crippen molar-refractivity contribution in [1.82, 2.24) is 24.9 Å². The molecule has 5 fully saturated rings. The SMILES string of the molecule is CC(C)(C)OC(=O)N1CCC2(CC1)CC(N1CCOCC1)C2.CC(C)N1C2CCC1CN(c1cc(-c3ccccc3O)nnc1N)C2. The Labute approximate surface area is 280 Å². The first-order chi connectivity index (χ1) is 22.4. The topological polar surface area (TPSA) is 121 Å². The summed E-state index contributed by atoms with van der Waals surface area (Å²) in [6, 6.07) is 11.6. The minimum Gasteiger partial charge on any atom is -0.507 e. The molecule has 2 bridgehead atoms. The first-order valence-electron chi connectivity index (χ1n) is 17.6. The van der Waals surface area contributed by atoms with Gasteiger partial charge in [0, 0.05) is 69.0 Å². The number of nitrogens with zero attached hydrogens (tertiary/aromatic N) is 6. The average Bonchev–Trinajstić information content (AvgIpc) is 3.30. The molecule has 47 heavy (non-hydrogen) atoms. The van der Waals surface area contributed by atoms with Crippen LogP contribution in [0.15, 0.2) is 30.3 Å². The van der Waals surface area contributed by atoms with Crippen molar-refractivity contribution >= 4 is 17.6 Å². The maximum Gasteiger partial charge on any atom is 0.410 e. The van der Waals surface area contributed by atoms with Gasteiger partial charge in [0.25, 0.3) is 0 Å². The van der Waals surface area contributed by atoms with Crippen LogP contribution in [0.3, 0.4) is 0 Å². The number of carbonyl (C=O) groups excluding carboxylic acids is 1. The number of phenols is 1. The fourth-order valence-corrected chi connectivity index (χ4v) is 8.48. The highest BCUT2D eigenvalue weighted by Gasteiger charge is 2.48. The molecule has 2 unspecified atom stereocenters. The molecule has 1 aromatic heterocycles. The quantitative estimate of drug-likeness (QED) is 0.469. The van der Waals surface area contributed by atoms with Crippen LogP contribution in [0.25, 0.3) is 11.3 Å². The van der Waals surface area contributed by atoms with Crippen molar-refractivity contribution in [2.45, 2.75) is 103 Å². The van der Waals surface area contributed by atoms with Crippen LogP contribution >= 0.6 is 0 Å². The highest BCUT2D eigenvalue weighted by molar-refractivity contribution is 5.74. The van der Waals surface area contributed by atoms with E-state index in [4.69, 9.17) is 15.2 Å². The van der Waals surface area contributed by atoms with E-state index in [1.807, 2.05) is 43.9 Å². The van der Waals surface area contributed by atoms with Crippen LogP contribution in [-0.2, 0) is 9.47 Å². The largest absolute Gasteiger partial charge is 0.507 e. The highest BCUT2D eigenvalue weighted by atomic mass is 16.6. The lowest BCUT2D eigenvalue weighted by atomic mass is 9.60. The van der Waals surface area contributed by atoms with Crippen molar-refractivity contribution in [2.24, 2.45) is 5.41 Å². The number of ether oxygens (including phenoxy) is 2. The van der Waals surface area contributed by atoms with Crippen LogP contribution in [0.4, 0.5) is 16.3 Å². The Bertz CT molecular complexity index is 1360. The molecule has 2 aromatic rings. The molecular formula is C36H55N7O4. The average molecular weight is 650 g/mol. The molecule has 5 aliphatic rings. The molecule has 1 aliphatic carbocycles. The molecule has 7 rings (SSSR count). The van der Waals surface area contributed by atoms with E-state index in [0.29, 0.717) is 40.6 Å². The molecule has 1 spiro atoms. The molecule has 4 aliphatic heterocycles. The van der Waals surface area contributed by atoms with E-state index in [2.05, 4.69) is 38.7 Å². The van der Waals surface area contributed by atoms with Crippen molar-refractivity contribution in [1.29, 1.82) is 0 Å². The van der Waals surface area contributed by atoms with E-state index in [9.17, 15) is 9.90 Å². The number of carbonyl (C=O) groups is 1. The Morgan fingerprint density at radius 2 is 1.64 bits per heavy atom. The molecule has 1 amide bonds. The molecule has 2 atom stereocenters. The van der Waals surface area contributed by atoms with Crippen LogP contribution < -0.4 is 10.6 Å². The number of aromatic nitrogens is 2. The molecule has 0 radical (unpaired) electrons. The first kappa shape index (κ1) is 33.7. The number of aromatic hydroxyl groups is 1. The number of piperidine rings is 1. The summed E-state index contributed by atoms with van der Waals surface area (Å²) < 4.78 is 10.9. The number of fused-ring (bicyclic) bond motifs is 2. The summed E-state index contributed by atoms with van der Waals surface area (Å²) in [5.74, 6) is 0.661. The molecular weight excluding hydrogens is 594 g/mol. The van der Waals surface area contributed by atoms with Gasteiger partial charge in [-0.25, -0.2) is 4.79 Å². The smallest absolute Gasteiger partial charge is 0.410 e. The monoisotopic (exact) mass is 649 g/mol. The Balaban J connectivity index is 0.000000166. The Hall–Kier alpha value is -3.15. The normalized spacial score (nSPS) is 25.0. The Morgan fingerprint density at radius 1 is 1.00 bits per heavy atom. The van der Waals surface area contributed by atoms with E-state index in [1.165, 1.54) is 25.7 Å².